The van der Waals surface area contributed by atoms with E-state index in [2.05, 4.69) is 10.6 Å². The molecule has 0 fully saturated rings. The van der Waals surface area contributed by atoms with Crippen LogP contribution in [0.5, 0.6) is 0 Å². The number of nitrogens with one attached hydrogen (secondary N) is 2. The molecule has 0 saturated carbocycles. The van der Waals surface area contributed by atoms with Gasteiger partial charge in [0.25, 0.3) is 0 Å². The molecule has 148 valence electrons. The summed E-state index contributed by atoms with van der Waals surface area (Å²) >= 11 is 0. The zero-order valence-electron chi connectivity index (χ0n) is 16.0. The molecule has 3 aromatic rings. The lowest BCUT2D eigenvalue weighted by molar-refractivity contribution is -0.136. The van der Waals surface area contributed by atoms with Crippen molar-refractivity contribution in [3.05, 3.63) is 108 Å². The molecule has 5 heteroatoms. The summed E-state index contributed by atoms with van der Waals surface area (Å²) in [5.41, 5.74) is 1.99. The number of carbonyl (C=O) groups excluding carboxylic acids is 1. The molecule has 1 amide bonds. The second-order valence-electron chi connectivity index (χ2n) is 6.72. The Hall–Kier alpha value is -3.44. The number of hydrogen-bond donors (Lipinski definition) is 3. The van der Waals surface area contributed by atoms with Crippen LogP contribution in [0.25, 0.3) is 0 Å². The summed E-state index contributed by atoms with van der Waals surface area (Å²) in [6.07, 6.45) is 0.168. The molecule has 0 spiro atoms. The highest BCUT2D eigenvalue weighted by Crippen LogP contribution is 2.36. The fourth-order valence-corrected chi connectivity index (χ4v) is 3.45. The van der Waals surface area contributed by atoms with Crippen LogP contribution in [0.3, 0.4) is 0 Å². The summed E-state index contributed by atoms with van der Waals surface area (Å²) in [5.74, 6) is -1.11. The second kappa shape index (κ2) is 9.66. The Morgan fingerprint density at radius 2 is 1.14 bits per heavy atom. The van der Waals surface area contributed by atoms with Gasteiger partial charge < -0.3 is 15.7 Å². The van der Waals surface area contributed by atoms with Gasteiger partial charge in [-0.05, 0) is 16.7 Å². The highest BCUT2D eigenvalue weighted by Gasteiger charge is 2.37. The number of carboxylic acid groups (broad SMARTS) is 1. The van der Waals surface area contributed by atoms with E-state index in [0.717, 1.165) is 16.7 Å². The third-order valence-electron chi connectivity index (χ3n) is 4.75. The Labute approximate surface area is 170 Å². The summed E-state index contributed by atoms with van der Waals surface area (Å²) in [5, 5.41) is 14.7. The van der Waals surface area contributed by atoms with Crippen molar-refractivity contribution < 1.29 is 14.7 Å². The van der Waals surface area contributed by atoms with Crippen LogP contribution < -0.4 is 10.6 Å². The molecule has 0 aliphatic carbocycles. The van der Waals surface area contributed by atoms with Crippen molar-refractivity contribution in [1.82, 2.24) is 10.6 Å². The predicted octanol–water partition coefficient (Wildman–Crippen LogP) is 3.16. The van der Waals surface area contributed by atoms with Gasteiger partial charge in [-0.15, -0.1) is 0 Å². The second-order valence-corrected chi connectivity index (χ2v) is 6.72. The van der Waals surface area contributed by atoms with Crippen LogP contribution in [-0.4, -0.2) is 30.1 Å². The molecule has 0 radical (unpaired) electrons. The van der Waals surface area contributed by atoms with Crippen molar-refractivity contribution in [3.63, 3.8) is 0 Å². The molecule has 0 bridgehead atoms. The van der Waals surface area contributed by atoms with E-state index in [1.165, 1.54) is 0 Å². The van der Waals surface area contributed by atoms with Crippen LogP contribution in [-0.2, 0) is 15.1 Å². The minimum absolute atomic E-state index is 0.167. The zero-order valence-corrected chi connectivity index (χ0v) is 16.0. The lowest BCUT2D eigenvalue weighted by Gasteiger charge is -2.37. The quantitative estimate of drug-likeness (QED) is 0.389. The summed E-state index contributed by atoms with van der Waals surface area (Å²) in [6, 6.07) is 29.6. The minimum atomic E-state index is -0.947. The van der Waals surface area contributed by atoms with E-state index < -0.39 is 11.5 Å². The number of hydrogen-bond acceptors (Lipinski definition) is 3. The third kappa shape index (κ3) is 4.89. The van der Waals surface area contributed by atoms with Gasteiger partial charge in [-0.2, -0.15) is 0 Å². The maximum absolute atomic E-state index is 12.9. The smallest absolute Gasteiger partial charge is 0.317 e. The Balaban J connectivity index is 2.01. The minimum Gasteiger partial charge on any atom is -0.480 e. The molecule has 5 nitrogen and oxygen atoms in total. The summed E-state index contributed by atoms with van der Waals surface area (Å²) in [4.78, 5) is 23.6. The maximum Gasteiger partial charge on any atom is 0.317 e. The van der Waals surface area contributed by atoms with Crippen LogP contribution in [0.4, 0.5) is 0 Å². The first-order chi connectivity index (χ1) is 14.1. The molecule has 3 aromatic carbocycles. The van der Waals surface area contributed by atoms with Crippen LogP contribution in [0.15, 0.2) is 91.0 Å². The Morgan fingerprint density at radius 1 is 0.724 bits per heavy atom. The molecule has 0 unspecified atom stereocenters. The SMILES string of the molecule is O=C(O)CNCCC(=O)NC(c1ccccc1)(c1ccccc1)c1ccccc1. The monoisotopic (exact) mass is 388 g/mol. The third-order valence-corrected chi connectivity index (χ3v) is 4.75. The molecule has 29 heavy (non-hydrogen) atoms. The molecule has 3 N–H and O–H groups in total. The topological polar surface area (TPSA) is 78.4 Å². The molecule has 3 rings (SSSR count). The van der Waals surface area contributed by atoms with Crippen molar-refractivity contribution in [2.24, 2.45) is 0 Å². The number of benzene rings is 3. The number of rotatable bonds is 9. The first kappa shape index (κ1) is 20.3. The van der Waals surface area contributed by atoms with E-state index in [1.54, 1.807) is 0 Å². The van der Waals surface area contributed by atoms with Gasteiger partial charge >= 0.3 is 5.97 Å². The van der Waals surface area contributed by atoms with Gasteiger partial charge in [0, 0.05) is 13.0 Å². The summed E-state index contributed by atoms with van der Waals surface area (Å²) in [7, 11) is 0. The van der Waals surface area contributed by atoms with Crippen LogP contribution in [0.1, 0.15) is 23.1 Å². The lowest BCUT2D eigenvalue weighted by atomic mass is 9.77. The van der Waals surface area contributed by atoms with Crippen molar-refractivity contribution in [3.8, 4) is 0 Å². The highest BCUT2D eigenvalue weighted by molar-refractivity contribution is 5.79. The largest absolute Gasteiger partial charge is 0.480 e. The van der Waals surface area contributed by atoms with E-state index in [-0.39, 0.29) is 25.4 Å². The Bertz CT molecular complexity index is 831. The number of carbonyl (C=O) groups is 2. The Morgan fingerprint density at radius 3 is 1.52 bits per heavy atom. The van der Waals surface area contributed by atoms with Gasteiger partial charge in [-0.1, -0.05) is 91.0 Å². The van der Waals surface area contributed by atoms with Crippen LogP contribution in [0.2, 0.25) is 0 Å². The fourth-order valence-electron chi connectivity index (χ4n) is 3.45. The highest BCUT2D eigenvalue weighted by atomic mass is 16.4. The van der Waals surface area contributed by atoms with Crippen molar-refractivity contribution in [1.29, 1.82) is 0 Å². The van der Waals surface area contributed by atoms with Crippen molar-refractivity contribution in [2.75, 3.05) is 13.1 Å². The maximum atomic E-state index is 12.9. The Kier molecular flexibility index (Phi) is 6.76. The fraction of sp³-hybridized carbons (Fsp3) is 0.167. The molecular formula is C24H24N2O3. The molecule has 0 aliphatic rings. The van der Waals surface area contributed by atoms with Crippen LogP contribution >= 0.6 is 0 Å². The molecule has 0 atom stereocenters. The first-order valence-corrected chi connectivity index (χ1v) is 9.53. The number of amides is 1. The van der Waals surface area contributed by atoms with E-state index >= 15 is 0 Å². The summed E-state index contributed by atoms with van der Waals surface area (Å²) in [6.45, 7) is 0.112. The average Bonchev–Trinajstić information content (AvgIpc) is 2.77. The van der Waals surface area contributed by atoms with Gasteiger partial charge in [-0.25, -0.2) is 0 Å². The van der Waals surface area contributed by atoms with E-state index in [1.807, 2.05) is 91.0 Å². The van der Waals surface area contributed by atoms with E-state index in [4.69, 9.17) is 5.11 Å². The van der Waals surface area contributed by atoms with Gasteiger partial charge in [0.1, 0.15) is 5.54 Å². The first-order valence-electron chi connectivity index (χ1n) is 9.53. The van der Waals surface area contributed by atoms with Gasteiger partial charge in [0.15, 0.2) is 0 Å². The van der Waals surface area contributed by atoms with Gasteiger partial charge in [-0.3, -0.25) is 9.59 Å². The normalized spacial score (nSPS) is 11.0. The summed E-state index contributed by atoms with van der Waals surface area (Å²) < 4.78 is 0. The van der Waals surface area contributed by atoms with E-state index in [9.17, 15) is 9.59 Å². The molecule has 0 aliphatic heterocycles. The van der Waals surface area contributed by atoms with Crippen LogP contribution in [0, 0.1) is 0 Å². The standard InChI is InChI=1S/C24H24N2O3/c27-22(16-17-25-18-23(28)29)26-24(19-10-4-1-5-11-19,20-12-6-2-7-13-20)21-14-8-3-9-15-21/h1-15,25H,16-18H2,(H,26,27)(H,28,29). The molecule has 0 heterocycles. The van der Waals surface area contributed by atoms with Gasteiger partial charge in [0.05, 0.1) is 6.54 Å². The van der Waals surface area contributed by atoms with E-state index in [0.29, 0.717) is 0 Å². The van der Waals surface area contributed by atoms with Crippen molar-refractivity contribution >= 4 is 11.9 Å². The van der Waals surface area contributed by atoms with Gasteiger partial charge in [0.2, 0.25) is 5.91 Å². The number of aliphatic carboxylic acids is 1. The predicted molar refractivity (Wildman–Crippen MR) is 112 cm³/mol. The zero-order chi connectivity index (χ0) is 20.5. The molecular weight excluding hydrogens is 364 g/mol. The number of carboxylic acids is 1. The average molecular weight is 388 g/mol. The molecule has 0 aromatic heterocycles. The van der Waals surface area contributed by atoms with Crippen molar-refractivity contribution in [2.45, 2.75) is 12.0 Å². The lowest BCUT2D eigenvalue weighted by Crippen LogP contribution is -2.48. The molecule has 0 saturated heterocycles.